The van der Waals surface area contributed by atoms with Crippen LogP contribution in [0.1, 0.15) is 158 Å². The second kappa shape index (κ2) is 29.4. The molecule has 1 aliphatic rings. The lowest BCUT2D eigenvalue weighted by Crippen LogP contribution is -2.29. The van der Waals surface area contributed by atoms with Gasteiger partial charge in [-0.25, -0.2) is 0 Å². The lowest BCUT2D eigenvalue weighted by molar-refractivity contribution is -0.0157. The minimum atomic E-state index is -0.500. The van der Waals surface area contributed by atoms with E-state index >= 15 is 0 Å². The van der Waals surface area contributed by atoms with Gasteiger partial charge in [0.2, 0.25) is 0 Å². The molecular weight excluding hydrogens is 783 g/mol. The molecule has 0 radical (unpaired) electrons. The summed E-state index contributed by atoms with van der Waals surface area (Å²) >= 11 is 0. The summed E-state index contributed by atoms with van der Waals surface area (Å²) in [6.45, 7) is 46.7. The van der Waals surface area contributed by atoms with Gasteiger partial charge in [0, 0.05) is 29.2 Å². The maximum atomic E-state index is 8.52. The molecule has 0 aliphatic heterocycles. The van der Waals surface area contributed by atoms with Crippen molar-refractivity contribution in [2.24, 2.45) is 16.8 Å². The molecule has 350 valence electrons. The normalized spacial score (nSPS) is 13.4. The highest BCUT2D eigenvalue weighted by Gasteiger charge is 2.20. The zero-order valence-corrected chi connectivity index (χ0v) is 43.9. The number of aliphatic imine (C=N–C) groups is 1. The summed E-state index contributed by atoms with van der Waals surface area (Å²) in [7, 11) is 1.75. The lowest BCUT2D eigenvalue weighted by Gasteiger charge is -2.26. The second-order valence-electron chi connectivity index (χ2n) is 17.6. The van der Waals surface area contributed by atoms with Crippen LogP contribution in [0.15, 0.2) is 137 Å². The van der Waals surface area contributed by atoms with E-state index in [-0.39, 0.29) is 5.60 Å². The number of nitrogens with zero attached hydrogens (tertiary/aromatic N) is 1. The number of aryl methyl sites for hydroxylation is 2. The Kier molecular flexibility index (Phi) is 27.1. The third kappa shape index (κ3) is 20.6. The first-order chi connectivity index (χ1) is 30.0. The molecule has 0 bridgehead atoms. The van der Waals surface area contributed by atoms with Gasteiger partial charge in [-0.05, 0) is 165 Å². The minimum Gasteiger partial charge on any atom is -0.456 e. The van der Waals surface area contributed by atoms with E-state index in [1.54, 1.807) is 27.9 Å². The van der Waals surface area contributed by atoms with Gasteiger partial charge in [0.1, 0.15) is 11.2 Å². The summed E-state index contributed by atoms with van der Waals surface area (Å²) in [6, 6.07) is 29.4. The average Bonchev–Trinajstić information content (AvgIpc) is 3.64. The van der Waals surface area contributed by atoms with Crippen molar-refractivity contribution in [2.75, 3.05) is 7.11 Å². The Balaban J connectivity index is 0.00000104. The van der Waals surface area contributed by atoms with E-state index in [1.807, 2.05) is 91.0 Å². The van der Waals surface area contributed by atoms with Crippen LogP contribution in [0, 0.1) is 25.7 Å². The molecular formula is C60H87NO3. The zero-order chi connectivity index (χ0) is 49.4. The molecule has 0 fully saturated rings. The maximum absolute atomic E-state index is 8.52. The molecule has 0 amide bonds. The number of rotatable bonds is 7. The smallest absolute Gasteiger partial charge is 0.135 e. The molecule has 0 saturated carbocycles. The summed E-state index contributed by atoms with van der Waals surface area (Å²) in [4.78, 5) is 4.90. The first kappa shape index (κ1) is 59.0. The van der Waals surface area contributed by atoms with Gasteiger partial charge in [0.15, 0.2) is 0 Å². The number of fused-ring (bicyclic) bond motifs is 3. The zero-order valence-electron chi connectivity index (χ0n) is 43.9. The van der Waals surface area contributed by atoms with Gasteiger partial charge in [-0.15, -0.1) is 0 Å². The third-order valence-electron chi connectivity index (χ3n) is 10.5. The van der Waals surface area contributed by atoms with E-state index in [1.165, 1.54) is 33.4 Å². The molecule has 4 aromatic carbocycles. The molecule has 0 saturated heterocycles. The number of methoxy groups -OCH3 is 1. The first-order valence-corrected chi connectivity index (χ1v) is 23.2. The Bertz CT molecular complexity index is 2270. The standard InChI is InChI=1S/C31H29NO.C10H12.C7H16O.C4H10O.C4H8.2C2H6/c1-19-10-11-20(2)27(16-19)28-17-24(13-12-21(28)3)22(4)32-23(5)25-14-15-31-29(18-25)26-8-6-7-9-30(26)33-31;1-8(2)10-6-4-9(3)5-7-10;1-6(2)7(3,4)8-5;1-4(2,3)5;1-3-4-2;2*1-2/h6-15,17-19H,5,16H2,1-4H3;4-7H,1H2,2-3H3;6H,1-5H3;5H,1-3H3;3-4H,1-2H3;2*1-2H3/b;;;;4-3-;;. The van der Waals surface area contributed by atoms with E-state index in [2.05, 4.69) is 142 Å². The molecule has 5 aromatic rings. The van der Waals surface area contributed by atoms with Crippen LogP contribution in [0.3, 0.4) is 0 Å². The second-order valence-corrected chi connectivity index (χ2v) is 17.6. The topological polar surface area (TPSA) is 55.0 Å². The van der Waals surface area contributed by atoms with Crippen LogP contribution in [0.2, 0.25) is 0 Å². The molecule has 1 aliphatic carbocycles. The van der Waals surface area contributed by atoms with Crippen LogP contribution in [0.25, 0.3) is 38.8 Å². The summed E-state index contributed by atoms with van der Waals surface area (Å²) in [5.41, 5.74) is 14.3. The van der Waals surface area contributed by atoms with Gasteiger partial charge in [0.25, 0.3) is 0 Å². The molecule has 6 rings (SSSR count). The number of aliphatic hydroxyl groups is 1. The number of allylic oxidation sites excluding steroid dienone is 7. The average molecular weight is 870 g/mol. The van der Waals surface area contributed by atoms with Crippen molar-refractivity contribution in [1.29, 1.82) is 0 Å². The van der Waals surface area contributed by atoms with Crippen molar-refractivity contribution in [3.8, 4) is 0 Å². The van der Waals surface area contributed by atoms with Gasteiger partial charge in [-0.1, -0.05) is 152 Å². The number of hydrogen-bond acceptors (Lipinski definition) is 4. The molecule has 1 unspecified atom stereocenters. The van der Waals surface area contributed by atoms with Gasteiger partial charge < -0.3 is 14.3 Å². The van der Waals surface area contributed by atoms with Crippen LogP contribution in [0.5, 0.6) is 0 Å². The monoisotopic (exact) mass is 870 g/mol. The van der Waals surface area contributed by atoms with Gasteiger partial charge in [0.05, 0.1) is 16.9 Å². The van der Waals surface area contributed by atoms with Crippen molar-refractivity contribution in [2.45, 2.75) is 149 Å². The molecule has 0 spiro atoms. The Hall–Kier alpha value is -5.03. The van der Waals surface area contributed by atoms with Crippen LogP contribution in [-0.2, 0) is 4.74 Å². The number of para-hydroxylation sites is 1. The van der Waals surface area contributed by atoms with Crippen molar-refractivity contribution in [1.82, 2.24) is 0 Å². The van der Waals surface area contributed by atoms with Crippen molar-refractivity contribution in [3.05, 3.63) is 161 Å². The summed E-state index contributed by atoms with van der Waals surface area (Å²) < 4.78 is 11.2. The maximum Gasteiger partial charge on any atom is 0.135 e. The fraction of sp³-hybridized carbons (Fsp3) is 0.417. The molecule has 4 nitrogen and oxygen atoms in total. The van der Waals surface area contributed by atoms with E-state index in [0.29, 0.717) is 11.8 Å². The van der Waals surface area contributed by atoms with E-state index in [4.69, 9.17) is 19.3 Å². The molecule has 1 aromatic heterocycles. The Morgan fingerprint density at radius 2 is 1.28 bits per heavy atom. The number of hydrogen-bond donors (Lipinski definition) is 1. The van der Waals surface area contributed by atoms with Gasteiger partial charge >= 0.3 is 0 Å². The molecule has 1 N–H and O–H groups in total. The highest BCUT2D eigenvalue weighted by atomic mass is 16.5. The van der Waals surface area contributed by atoms with E-state index in [0.717, 1.165) is 56.5 Å². The number of ether oxygens (including phenoxy) is 1. The number of benzene rings is 4. The highest BCUT2D eigenvalue weighted by molar-refractivity contribution is 6.06. The third-order valence-corrected chi connectivity index (χ3v) is 10.5. The molecule has 1 heterocycles. The van der Waals surface area contributed by atoms with Crippen molar-refractivity contribution < 1.29 is 14.3 Å². The van der Waals surface area contributed by atoms with Crippen molar-refractivity contribution >= 4 is 44.5 Å². The fourth-order valence-corrected chi connectivity index (χ4v) is 5.77. The summed E-state index contributed by atoms with van der Waals surface area (Å²) in [5.74, 6) is 1.16. The first-order valence-electron chi connectivity index (χ1n) is 23.2. The fourth-order valence-electron chi connectivity index (χ4n) is 5.77. The molecule has 4 heteroatoms. The van der Waals surface area contributed by atoms with E-state index < -0.39 is 5.60 Å². The van der Waals surface area contributed by atoms with Crippen LogP contribution >= 0.6 is 0 Å². The predicted molar refractivity (Wildman–Crippen MR) is 289 cm³/mol. The van der Waals surface area contributed by atoms with Gasteiger partial charge in [-0.2, -0.15) is 0 Å². The minimum absolute atomic E-state index is 0.0417. The Morgan fingerprint density at radius 1 is 0.766 bits per heavy atom. The number of furan rings is 1. The van der Waals surface area contributed by atoms with Crippen LogP contribution in [0.4, 0.5) is 0 Å². The quantitative estimate of drug-likeness (QED) is 0.131. The largest absolute Gasteiger partial charge is 0.456 e. The highest BCUT2D eigenvalue weighted by Crippen LogP contribution is 2.34. The Morgan fingerprint density at radius 3 is 1.78 bits per heavy atom. The Labute approximate surface area is 391 Å². The lowest BCUT2D eigenvalue weighted by atomic mass is 9.84. The predicted octanol–water partition coefficient (Wildman–Crippen LogP) is 18.3. The summed E-state index contributed by atoms with van der Waals surface area (Å²) in [6.07, 6.45) is 9.64. The SMILES string of the molecule is C/C=C\C.C=C(C)c1ccc(C)cc1.C=C(N=C(C)c1ccc(C)c(C2=C(C)C=CC(C)C2)c1)c1ccc2oc3ccccc3c2c1.CC.CC.CC(C)(C)O.COC(C)(C)C(C)C. The van der Waals surface area contributed by atoms with Crippen LogP contribution in [-0.4, -0.2) is 29.1 Å². The molecule has 64 heavy (non-hydrogen) atoms. The van der Waals surface area contributed by atoms with Gasteiger partial charge in [-0.3, -0.25) is 4.99 Å². The summed E-state index contributed by atoms with van der Waals surface area (Å²) in [5, 5.41) is 10.7. The van der Waals surface area contributed by atoms with Crippen LogP contribution < -0.4 is 0 Å². The molecule has 1 atom stereocenters. The van der Waals surface area contributed by atoms with E-state index in [9.17, 15) is 0 Å². The van der Waals surface area contributed by atoms with Crippen molar-refractivity contribution in [3.63, 3.8) is 0 Å².